The molecule has 0 saturated heterocycles. The number of rotatable bonds is 10. The maximum atomic E-state index is 11.0. The van der Waals surface area contributed by atoms with Crippen molar-refractivity contribution in [2.45, 2.75) is 33.6 Å². The van der Waals surface area contributed by atoms with Crippen LogP contribution in [0.1, 0.15) is 50.3 Å². The summed E-state index contributed by atoms with van der Waals surface area (Å²) < 4.78 is 5.40. The molecule has 0 heterocycles. The maximum absolute atomic E-state index is 11.0. The van der Waals surface area contributed by atoms with E-state index in [-0.39, 0.29) is 11.7 Å². The first-order valence-electron chi connectivity index (χ1n) is 11.6. The molecule has 0 aliphatic heterocycles. The van der Waals surface area contributed by atoms with Gasteiger partial charge in [-0.1, -0.05) is 36.4 Å². The van der Waals surface area contributed by atoms with Crippen molar-refractivity contribution in [2.24, 2.45) is 0 Å². The van der Waals surface area contributed by atoms with Crippen LogP contribution in [0.3, 0.4) is 0 Å². The number of hydrogen-bond donors (Lipinski definition) is 1. The molecule has 4 nitrogen and oxygen atoms in total. The number of hydrogen-bond acceptors (Lipinski definition) is 4. The van der Waals surface area contributed by atoms with Crippen LogP contribution in [0, 0.1) is 0 Å². The van der Waals surface area contributed by atoms with Crippen molar-refractivity contribution >= 4 is 11.4 Å². The van der Waals surface area contributed by atoms with Crippen molar-refractivity contribution in [3.05, 3.63) is 83.4 Å². The number of anilines is 2. The van der Waals surface area contributed by atoms with Gasteiger partial charge in [0.15, 0.2) is 11.5 Å². The Morgan fingerprint density at radius 3 is 1.50 bits per heavy atom. The summed E-state index contributed by atoms with van der Waals surface area (Å²) in [6, 6.07) is 23.1. The molecule has 1 N–H and O–H groups in total. The highest BCUT2D eigenvalue weighted by Crippen LogP contribution is 2.41. The van der Waals surface area contributed by atoms with Crippen molar-refractivity contribution in [3.8, 4) is 11.5 Å². The average molecular weight is 433 g/mol. The molecule has 4 heteroatoms. The van der Waals surface area contributed by atoms with Crippen molar-refractivity contribution in [1.29, 1.82) is 0 Å². The fourth-order valence-electron chi connectivity index (χ4n) is 4.42. The van der Waals surface area contributed by atoms with E-state index in [1.165, 1.54) is 11.4 Å². The van der Waals surface area contributed by atoms with Gasteiger partial charge in [-0.15, -0.1) is 0 Å². The number of methoxy groups -OCH3 is 1. The fraction of sp³-hybridized carbons (Fsp3) is 0.357. The Kier molecular flexibility index (Phi) is 8.04. The van der Waals surface area contributed by atoms with Crippen LogP contribution in [0.2, 0.25) is 0 Å². The van der Waals surface area contributed by atoms with Crippen LogP contribution < -0.4 is 14.5 Å². The van der Waals surface area contributed by atoms with Gasteiger partial charge in [0, 0.05) is 49.0 Å². The van der Waals surface area contributed by atoms with E-state index in [1.807, 2.05) is 12.1 Å². The van der Waals surface area contributed by atoms with Gasteiger partial charge >= 0.3 is 0 Å². The van der Waals surface area contributed by atoms with Crippen LogP contribution in [0.15, 0.2) is 66.7 Å². The van der Waals surface area contributed by atoms with Gasteiger partial charge in [0.2, 0.25) is 0 Å². The molecule has 0 aliphatic carbocycles. The third-order valence-corrected chi connectivity index (χ3v) is 6.27. The average Bonchev–Trinajstić information content (AvgIpc) is 2.84. The lowest BCUT2D eigenvalue weighted by Gasteiger charge is -2.25. The number of benzene rings is 3. The van der Waals surface area contributed by atoms with Crippen LogP contribution in [0.25, 0.3) is 0 Å². The molecule has 0 saturated carbocycles. The molecule has 0 spiro atoms. The van der Waals surface area contributed by atoms with E-state index >= 15 is 0 Å². The summed E-state index contributed by atoms with van der Waals surface area (Å²) in [5.41, 5.74) is 5.55. The van der Waals surface area contributed by atoms with Crippen molar-refractivity contribution in [1.82, 2.24) is 0 Å². The highest BCUT2D eigenvalue weighted by atomic mass is 16.5. The topological polar surface area (TPSA) is 35.9 Å². The molecule has 3 rings (SSSR count). The van der Waals surface area contributed by atoms with Gasteiger partial charge in [-0.25, -0.2) is 0 Å². The molecule has 0 radical (unpaired) electrons. The molecule has 0 atom stereocenters. The Morgan fingerprint density at radius 2 is 1.12 bits per heavy atom. The van der Waals surface area contributed by atoms with E-state index in [1.54, 1.807) is 13.2 Å². The number of phenolic OH excluding ortho intramolecular Hbond substituents is 1. The lowest BCUT2D eigenvalue weighted by atomic mass is 9.84. The SMILES string of the molecule is CCN(CC)c1ccc(C(c2ccc(N(CC)CC)cc2)c2cccc(OC)c2O)cc1. The molecular formula is C28H36N2O2. The minimum Gasteiger partial charge on any atom is -0.504 e. The van der Waals surface area contributed by atoms with E-state index in [2.05, 4.69) is 86.0 Å². The van der Waals surface area contributed by atoms with Crippen molar-refractivity contribution in [3.63, 3.8) is 0 Å². The van der Waals surface area contributed by atoms with Gasteiger partial charge < -0.3 is 19.6 Å². The zero-order chi connectivity index (χ0) is 23.1. The van der Waals surface area contributed by atoms with E-state index in [4.69, 9.17) is 4.74 Å². The minimum absolute atomic E-state index is 0.0957. The van der Waals surface area contributed by atoms with Crippen molar-refractivity contribution in [2.75, 3.05) is 43.1 Å². The first-order valence-corrected chi connectivity index (χ1v) is 11.6. The second-order valence-electron chi connectivity index (χ2n) is 7.86. The molecule has 0 fully saturated rings. The summed E-state index contributed by atoms with van der Waals surface area (Å²) in [4.78, 5) is 4.67. The largest absolute Gasteiger partial charge is 0.504 e. The second-order valence-corrected chi connectivity index (χ2v) is 7.86. The Morgan fingerprint density at radius 1 is 0.688 bits per heavy atom. The normalized spacial score (nSPS) is 10.9. The number of nitrogens with zero attached hydrogens (tertiary/aromatic N) is 2. The van der Waals surface area contributed by atoms with Gasteiger partial charge in [0.05, 0.1) is 7.11 Å². The van der Waals surface area contributed by atoms with E-state index in [0.29, 0.717) is 5.75 Å². The number of aromatic hydroxyl groups is 1. The second kappa shape index (κ2) is 10.9. The molecule has 0 aromatic heterocycles. The van der Waals surface area contributed by atoms with E-state index < -0.39 is 0 Å². The molecule has 0 unspecified atom stereocenters. The van der Waals surface area contributed by atoms with Gasteiger partial charge in [0.25, 0.3) is 0 Å². The standard InChI is InChI=1S/C28H36N2O2/c1-6-29(7-2)23-17-13-21(14-18-23)27(25-11-10-12-26(32-5)28(25)31)22-15-19-24(20-16-22)30(8-3)9-4/h10-20,27,31H,6-9H2,1-5H3. The molecule has 3 aromatic carbocycles. The van der Waals surface area contributed by atoms with Gasteiger partial charge in [0.1, 0.15) is 0 Å². The van der Waals surface area contributed by atoms with Crippen LogP contribution >= 0.6 is 0 Å². The first-order chi connectivity index (χ1) is 15.6. The fourth-order valence-corrected chi connectivity index (χ4v) is 4.42. The smallest absolute Gasteiger partial charge is 0.161 e. The van der Waals surface area contributed by atoms with Gasteiger partial charge in [-0.05, 0) is 69.2 Å². The van der Waals surface area contributed by atoms with Crippen LogP contribution in [0.5, 0.6) is 11.5 Å². The number of ether oxygens (including phenoxy) is 1. The Hall–Kier alpha value is -3.14. The number of para-hydroxylation sites is 1. The zero-order valence-corrected chi connectivity index (χ0v) is 20.0. The van der Waals surface area contributed by atoms with Crippen LogP contribution in [-0.4, -0.2) is 38.4 Å². The Labute approximate surface area is 193 Å². The lowest BCUT2D eigenvalue weighted by molar-refractivity contribution is 0.370. The zero-order valence-electron chi connectivity index (χ0n) is 20.0. The molecule has 170 valence electrons. The number of phenols is 1. The molecule has 0 aliphatic rings. The predicted molar refractivity (Wildman–Crippen MR) is 136 cm³/mol. The molecule has 0 bridgehead atoms. The van der Waals surface area contributed by atoms with Gasteiger partial charge in [-0.2, -0.15) is 0 Å². The summed E-state index contributed by atoms with van der Waals surface area (Å²) in [6.45, 7) is 12.6. The third kappa shape index (κ3) is 4.85. The highest BCUT2D eigenvalue weighted by Gasteiger charge is 2.22. The summed E-state index contributed by atoms with van der Waals surface area (Å²) >= 11 is 0. The summed E-state index contributed by atoms with van der Waals surface area (Å²) in [5.74, 6) is 0.592. The van der Waals surface area contributed by atoms with Crippen LogP contribution in [-0.2, 0) is 0 Å². The molecular weight excluding hydrogens is 396 g/mol. The Bertz CT molecular complexity index is 920. The Balaban J connectivity index is 2.09. The monoisotopic (exact) mass is 432 g/mol. The summed E-state index contributed by atoms with van der Waals surface area (Å²) in [6.07, 6.45) is 0. The van der Waals surface area contributed by atoms with E-state index in [0.717, 1.165) is 42.9 Å². The van der Waals surface area contributed by atoms with Gasteiger partial charge in [-0.3, -0.25) is 0 Å². The predicted octanol–water partition coefficient (Wildman–Crippen LogP) is 6.27. The first kappa shape index (κ1) is 23.5. The molecule has 3 aromatic rings. The van der Waals surface area contributed by atoms with Crippen LogP contribution in [0.4, 0.5) is 11.4 Å². The molecule has 0 amide bonds. The third-order valence-electron chi connectivity index (χ3n) is 6.27. The maximum Gasteiger partial charge on any atom is 0.161 e. The molecule has 32 heavy (non-hydrogen) atoms. The summed E-state index contributed by atoms with van der Waals surface area (Å²) in [7, 11) is 1.59. The summed E-state index contributed by atoms with van der Waals surface area (Å²) in [5, 5.41) is 11.0. The lowest BCUT2D eigenvalue weighted by Crippen LogP contribution is -2.21. The minimum atomic E-state index is -0.0957. The quantitative estimate of drug-likeness (QED) is 0.383. The highest BCUT2D eigenvalue weighted by molar-refractivity contribution is 5.58. The van der Waals surface area contributed by atoms with Crippen molar-refractivity contribution < 1.29 is 9.84 Å². The van der Waals surface area contributed by atoms with E-state index in [9.17, 15) is 5.11 Å².